The van der Waals surface area contributed by atoms with Crippen LogP contribution in [0.1, 0.15) is 55.5 Å². The van der Waals surface area contributed by atoms with Crippen LogP contribution in [0, 0.1) is 13.8 Å². The Morgan fingerprint density at radius 3 is 1.63 bits per heavy atom. The molecular weight excluding hydrogens is 520 g/mol. The first-order valence-corrected chi connectivity index (χ1v) is 14.6. The van der Waals surface area contributed by atoms with E-state index in [-0.39, 0.29) is 6.04 Å². The highest BCUT2D eigenvalue weighted by atomic mass is 79.9. The number of hydrogen-bond donors (Lipinski definition) is 1. The third kappa shape index (κ3) is 9.53. The molecule has 0 spiro atoms. The van der Waals surface area contributed by atoms with Crippen molar-refractivity contribution in [2.24, 2.45) is 0 Å². The largest absolute Gasteiger partial charge is 0.310 e. The van der Waals surface area contributed by atoms with Crippen molar-refractivity contribution in [2.45, 2.75) is 76.9 Å². The lowest BCUT2D eigenvalue weighted by molar-refractivity contribution is 0.348. The minimum absolute atomic E-state index is 0.114. The van der Waals surface area contributed by atoms with E-state index in [0.29, 0.717) is 22.8 Å². The van der Waals surface area contributed by atoms with Gasteiger partial charge in [-0.15, -0.1) is 0 Å². The average Bonchev–Trinajstić information content (AvgIpc) is 2.83. The highest BCUT2D eigenvalue weighted by Gasteiger charge is 2.27. The van der Waals surface area contributed by atoms with Crippen LogP contribution in [0.25, 0.3) is 0 Å². The molecule has 1 N–H and O–H groups in total. The maximum Gasteiger partial charge on any atom is 0.243 e. The number of nitrogens with zero attached hydrogens (tertiary/aromatic N) is 1. The second-order valence-corrected chi connectivity index (χ2v) is 11.9. The predicted octanol–water partition coefficient (Wildman–Crippen LogP) is 6.98. The Kier molecular flexibility index (Phi) is 11.6. The first-order chi connectivity index (χ1) is 16.5. The van der Waals surface area contributed by atoms with Gasteiger partial charge in [0.05, 0.1) is 4.90 Å². The van der Waals surface area contributed by atoms with E-state index in [1.807, 2.05) is 57.2 Å². The summed E-state index contributed by atoms with van der Waals surface area (Å²) in [6, 6.07) is 24.1. The van der Waals surface area contributed by atoms with Gasteiger partial charge in [0.25, 0.3) is 0 Å². The fourth-order valence-corrected chi connectivity index (χ4v) is 5.33. The van der Waals surface area contributed by atoms with Crippen molar-refractivity contribution in [1.82, 2.24) is 9.62 Å². The second-order valence-electron chi connectivity index (χ2n) is 9.43. The smallest absolute Gasteiger partial charge is 0.243 e. The van der Waals surface area contributed by atoms with Crippen LogP contribution in [0.3, 0.4) is 0 Å². The van der Waals surface area contributed by atoms with Gasteiger partial charge in [0, 0.05) is 30.5 Å². The van der Waals surface area contributed by atoms with Gasteiger partial charge in [-0.1, -0.05) is 102 Å². The molecule has 4 nitrogen and oxygen atoms in total. The van der Waals surface area contributed by atoms with Gasteiger partial charge in [0.1, 0.15) is 0 Å². The van der Waals surface area contributed by atoms with Crippen LogP contribution in [-0.2, 0) is 28.4 Å². The van der Waals surface area contributed by atoms with Gasteiger partial charge in [-0.2, -0.15) is 4.31 Å². The van der Waals surface area contributed by atoms with Crippen LogP contribution < -0.4 is 5.32 Å². The highest BCUT2D eigenvalue weighted by Crippen LogP contribution is 2.22. The molecule has 6 heteroatoms. The molecule has 0 aliphatic rings. The Morgan fingerprint density at radius 1 is 0.743 bits per heavy atom. The zero-order chi connectivity index (χ0) is 26.0. The SMILES string of the molecule is Cc1ccc(CN(C(C)C)S(=O)(=O)c2ccc(CBr)cc2)cc1.Cc1ccc(CNC(C)C)cc1. The Morgan fingerprint density at radius 2 is 1.20 bits per heavy atom. The third-order valence-electron chi connectivity index (χ3n) is 5.55. The minimum Gasteiger partial charge on any atom is -0.310 e. The molecule has 0 unspecified atom stereocenters. The van der Waals surface area contributed by atoms with Gasteiger partial charge < -0.3 is 5.32 Å². The maximum absolute atomic E-state index is 13.0. The number of aryl methyl sites for hydroxylation is 2. The number of alkyl halides is 1. The lowest BCUT2D eigenvalue weighted by atomic mass is 10.1. The van der Waals surface area contributed by atoms with Crippen molar-refractivity contribution in [2.75, 3.05) is 0 Å². The maximum atomic E-state index is 13.0. The van der Waals surface area contributed by atoms with Crippen LogP contribution in [0.15, 0.2) is 77.7 Å². The van der Waals surface area contributed by atoms with E-state index in [2.05, 4.69) is 66.3 Å². The summed E-state index contributed by atoms with van der Waals surface area (Å²) in [7, 11) is -3.52. The summed E-state index contributed by atoms with van der Waals surface area (Å²) < 4.78 is 27.5. The van der Waals surface area contributed by atoms with Crippen molar-refractivity contribution in [3.8, 4) is 0 Å². The molecule has 0 aliphatic carbocycles. The summed E-state index contributed by atoms with van der Waals surface area (Å²) in [5, 5.41) is 4.09. The van der Waals surface area contributed by atoms with Crippen molar-refractivity contribution >= 4 is 26.0 Å². The summed E-state index contributed by atoms with van der Waals surface area (Å²) in [5.41, 5.74) is 5.89. The van der Waals surface area contributed by atoms with E-state index in [1.54, 1.807) is 16.4 Å². The number of halogens is 1. The molecule has 0 radical (unpaired) electrons. The second kappa shape index (κ2) is 13.9. The number of rotatable bonds is 9. The molecule has 0 saturated heterocycles. The molecule has 0 bridgehead atoms. The van der Waals surface area contributed by atoms with Crippen LogP contribution in [0.2, 0.25) is 0 Å². The van der Waals surface area contributed by atoms with Gasteiger partial charge in [-0.3, -0.25) is 0 Å². The Hall–Kier alpha value is -1.99. The molecule has 0 amide bonds. The van der Waals surface area contributed by atoms with Crippen LogP contribution in [0.5, 0.6) is 0 Å². The van der Waals surface area contributed by atoms with Crippen molar-refractivity contribution in [1.29, 1.82) is 0 Å². The van der Waals surface area contributed by atoms with E-state index in [1.165, 1.54) is 11.1 Å². The number of benzene rings is 3. The number of hydrogen-bond acceptors (Lipinski definition) is 3. The van der Waals surface area contributed by atoms with Gasteiger partial charge >= 0.3 is 0 Å². The molecule has 0 atom stereocenters. The predicted molar refractivity (Wildman–Crippen MR) is 151 cm³/mol. The minimum atomic E-state index is -3.52. The monoisotopic (exact) mass is 558 g/mol. The number of sulfonamides is 1. The topological polar surface area (TPSA) is 49.4 Å². The van der Waals surface area contributed by atoms with Crippen molar-refractivity contribution < 1.29 is 8.42 Å². The summed E-state index contributed by atoms with van der Waals surface area (Å²) in [6.45, 7) is 13.6. The van der Waals surface area contributed by atoms with Gasteiger partial charge in [-0.25, -0.2) is 8.42 Å². The Balaban J connectivity index is 0.000000303. The highest BCUT2D eigenvalue weighted by molar-refractivity contribution is 9.08. The van der Waals surface area contributed by atoms with E-state index >= 15 is 0 Å². The number of nitrogens with one attached hydrogen (secondary N) is 1. The quantitative estimate of drug-likeness (QED) is 0.288. The molecule has 3 aromatic carbocycles. The first kappa shape index (κ1) is 29.2. The first-order valence-electron chi connectivity index (χ1n) is 12.0. The molecule has 190 valence electrons. The summed E-state index contributed by atoms with van der Waals surface area (Å²) in [4.78, 5) is 0.336. The van der Waals surface area contributed by atoms with Gasteiger partial charge in [-0.05, 0) is 56.5 Å². The third-order valence-corrected chi connectivity index (χ3v) is 8.24. The van der Waals surface area contributed by atoms with Crippen LogP contribution in [0.4, 0.5) is 0 Å². The average molecular weight is 560 g/mol. The van der Waals surface area contributed by atoms with E-state index in [4.69, 9.17) is 0 Å². The fourth-order valence-electron chi connectivity index (χ4n) is 3.33. The van der Waals surface area contributed by atoms with Crippen LogP contribution >= 0.6 is 15.9 Å². The summed E-state index contributed by atoms with van der Waals surface area (Å²) >= 11 is 3.37. The fraction of sp³-hybridized carbons (Fsp3) is 0.379. The van der Waals surface area contributed by atoms with Crippen molar-refractivity contribution in [3.05, 3.63) is 101 Å². The van der Waals surface area contributed by atoms with Crippen molar-refractivity contribution in [3.63, 3.8) is 0 Å². The van der Waals surface area contributed by atoms with Crippen LogP contribution in [-0.4, -0.2) is 24.8 Å². The molecule has 3 aromatic rings. The molecule has 0 aliphatic heterocycles. The lowest BCUT2D eigenvalue weighted by Crippen LogP contribution is -2.36. The standard InChI is InChI=1S/C18H22BrNO2S.C11H17N/c1-14(2)20(13-17-6-4-15(3)5-7-17)23(21,22)18-10-8-16(12-19)9-11-18;1-9(2)12-8-11-6-4-10(3)5-7-11/h4-11,14H,12-13H2,1-3H3;4-7,9,12H,8H2,1-3H3. The zero-order valence-corrected chi connectivity index (χ0v) is 24.2. The summed E-state index contributed by atoms with van der Waals surface area (Å²) in [5.74, 6) is 0. The van der Waals surface area contributed by atoms with Gasteiger partial charge in [0.15, 0.2) is 0 Å². The Labute approximate surface area is 221 Å². The zero-order valence-electron chi connectivity index (χ0n) is 21.8. The van der Waals surface area contributed by atoms with E-state index < -0.39 is 10.0 Å². The summed E-state index contributed by atoms with van der Waals surface area (Å²) in [6.07, 6.45) is 0. The molecule has 35 heavy (non-hydrogen) atoms. The normalized spacial score (nSPS) is 11.6. The molecule has 3 rings (SSSR count). The molecule has 0 heterocycles. The molecule has 0 fully saturated rings. The van der Waals surface area contributed by atoms with E-state index in [0.717, 1.165) is 23.2 Å². The molecule has 0 aromatic heterocycles. The Bertz CT molecular complexity index is 1120. The van der Waals surface area contributed by atoms with Gasteiger partial charge in [0.2, 0.25) is 10.0 Å². The molecular formula is C29H39BrN2O2S. The molecule has 0 saturated carbocycles. The van der Waals surface area contributed by atoms with E-state index in [9.17, 15) is 8.42 Å². The lowest BCUT2D eigenvalue weighted by Gasteiger charge is -2.26.